The smallest absolute Gasteiger partial charge is 0.0201 e. The summed E-state index contributed by atoms with van der Waals surface area (Å²) in [5, 5.41) is 0. The Morgan fingerprint density at radius 1 is 0.278 bits per heavy atom. The van der Waals surface area contributed by atoms with Gasteiger partial charge in [0.05, 0.1) is 0 Å². The quantitative estimate of drug-likeness (QED) is 0.276. The van der Waals surface area contributed by atoms with Gasteiger partial charge < -0.3 is 0 Å². The van der Waals surface area contributed by atoms with Crippen LogP contribution in [0.4, 0.5) is 0 Å². The zero-order valence-electron chi connectivity index (χ0n) is 19.7. The number of hydrogen-bond donors (Lipinski definition) is 0. The first-order valence-corrected chi connectivity index (χ1v) is 13.7. The van der Waals surface area contributed by atoms with Crippen molar-refractivity contribution in [1.82, 2.24) is 0 Å². The van der Waals surface area contributed by atoms with Gasteiger partial charge in [0.25, 0.3) is 0 Å². The van der Waals surface area contributed by atoms with Crippen LogP contribution >= 0.6 is 23.5 Å². The van der Waals surface area contributed by atoms with Gasteiger partial charge in [-0.05, 0) is 57.7 Å². The third-order valence-electron chi connectivity index (χ3n) is 6.15. The molecule has 0 N–H and O–H groups in total. The Bertz CT molecular complexity index is 1290. The molecule has 0 spiro atoms. The van der Waals surface area contributed by atoms with Crippen molar-refractivity contribution < 1.29 is 0 Å². The van der Waals surface area contributed by atoms with Gasteiger partial charge in [0.2, 0.25) is 0 Å². The van der Waals surface area contributed by atoms with E-state index in [-0.39, 0.29) is 0 Å². The lowest BCUT2D eigenvalue weighted by Crippen LogP contribution is -1.97. The van der Waals surface area contributed by atoms with Gasteiger partial charge in [-0.3, -0.25) is 0 Å². The predicted molar refractivity (Wildman–Crippen MR) is 160 cm³/mol. The number of thioether (sulfide) groups is 2. The summed E-state index contributed by atoms with van der Waals surface area (Å²) in [6, 6.07) is 42.8. The molecule has 36 heavy (non-hydrogen) atoms. The molecule has 0 saturated heterocycles. The molecule has 2 aliphatic heterocycles. The van der Waals surface area contributed by atoms with Crippen molar-refractivity contribution in [1.29, 1.82) is 0 Å². The minimum atomic E-state index is 1.23. The zero-order valence-corrected chi connectivity index (χ0v) is 21.3. The van der Waals surface area contributed by atoms with Gasteiger partial charge in [0, 0.05) is 19.6 Å². The van der Waals surface area contributed by atoms with E-state index in [9.17, 15) is 0 Å². The molecule has 4 aromatic rings. The molecule has 0 aliphatic carbocycles. The van der Waals surface area contributed by atoms with Crippen molar-refractivity contribution in [2.45, 2.75) is 0 Å². The highest BCUT2D eigenvalue weighted by Crippen LogP contribution is 2.48. The Labute approximate surface area is 221 Å². The second-order valence-corrected chi connectivity index (χ2v) is 10.8. The van der Waals surface area contributed by atoms with Crippen LogP contribution in [0.2, 0.25) is 0 Å². The molecule has 2 heterocycles. The van der Waals surface area contributed by atoms with Gasteiger partial charge in [-0.25, -0.2) is 0 Å². The largest absolute Gasteiger partial charge is 0.0888 e. The van der Waals surface area contributed by atoms with E-state index in [2.05, 4.69) is 146 Å². The summed E-state index contributed by atoms with van der Waals surface area (Å²) in [6.45, 7) is 0. The van der Waals surface area contributed by atoms with Crippen molar-refractivity contribution in [3.05, 3.63) is 179 Å². The molecule has 2 aliphatic rings. The summed E-state index contributed by atoms with van der Waals surface area (Å²) >= 11 is 3.68. The van der Waals surface area contributed by atoms with Crippen LogP contribution in [0.25, 0.3) is 19.6 Å². The molecule has 0 unspecified atom stereocenters. The topological polar surface area (TPSA) is 0 Å². The van der Waals surface area contributed by atoms with Crippen molar-refractivity contribution in [3.8, 4) is 0 Å². The molecule has 0 atom stereocenters. The second-order valence-electron chi connectivity index (χ2n) is 8.61. The molecular weight excluding hydrogens is 473 g/mol. The molecule has 0 fully saturated rings. The van der Waals surface area contributed by atoms with Crippen LogP contribution in [0.5, 0.6) is 0 Å². The zero-order chi connectivity index (χ0) is 24.2. The fourth-order valence-corrected chi connectivity index (χ4v) is 6.55. The summed E-state index contributed by atoms with van der Waals surface area (Å²) in [7, 11) is 0. The molecule has 0 amide bonds. The van der Waals surface area contributed by atoms with Crippen LogP contribution in [-0.4, -0.2) is 0 Å². The molecular formula is C34H24S2. The molecule has 2 heteroatoms. The Balaban J connectivity index is 1.55. The lowest BCUT2D eigenvalue weighted by atomic mass is 10.00. The SMILES string of the molecule is C1=C(c2ccccc2)SC(c2ccccc2)=CC1=C1C=C(c2ccccc2)SC(c2ccccc2)=C1. The average Bonchev–Trinajstić information content (AvgIpc) is 2.98. The number of hydrogen-bond acceptors (Lipinski definition) is 2. The summed E-state index contributed by atoms with van der Waals surface area (Å²) < 4.78 is 0. The Morgan fingerprint density at radius 2 is 0.500 bits per heavy atom. The van der Waals surface area contributed by atoms with Crippen LogP contribution in [0.1, 0.15) is 22.3 Å². The highest BCUT2D eigenvalue weighted by atomic mass is 32.2. The molecule has 0 bridgehead atoms. The Kier molecular flexibility index (Phi) is 6.62. The second kappa shape index (κ2) is 10.5. The summed E-state index contributed by atoms with van der Waals surface area (Å²) in [6.07, 6.45) is 9.37. The molecule has 172 valence electrons. The number of allylic oxidation sites excluding steroid dienone is 6. The van der Waals surface area contributed by atoms with Crippen LogP contribution in [0.3, 0.4) is 0 Å². The first-order valence-electron chi connectivity index (χ1n) is 12.0. The van der Waals surface area contributed by atoms with E-state index < -0.39 is 0 Å². The van der Waals surface area contributed by atoms with Crippen molar-refractivity contribution >= 4 is 43.1 Å². The fraction of sp³-hybridized carbons (Fsp3) is 0. The summed E-state index contributed by atoms with van der Waals surface area (Å²) in [5.41, 5.74) is 7.43. The van der Waals surface area contributed by atoms with E-state index in [0.717, 1.165) is 0 Å². The van der Waals surface area contributed by atoms with Gasteiger partial charge in [-0.1, -0.05) is 145 Å². The van der Waals surface area contributed by atoms with Crippen molar-refractivity contribution in [3.63, 3.8) is 0 Å². The minimum absolute atomic E-state index is 1.23. The van der Waals surface area contributed by atoms with E-state index in [1.807, 2.05) is 23.5 Å². The van der Waals surface area contributed by atoms with E-state index >= 15 is 0 Å². The van der Waals surface area contributed by atoms with Gasteiger partial charge in [-0.2, -0.15) is 0 Å². The van der Waals surface area contributed by atoms with Crippen LogP contribution in [-0.2, 0) is 0 Å². The lowest BCUT2D eigenvalue weighted by molar-refractivity contribution is 1.54. The highest BCUT2D eigenvalue weighted by Gasteiger charge is 2.19. The van der Waals surface area contributed by atoms with E-state index in [4.69, 9.17) is 0 Å². The maximum Gasteiger partial charge on any atom is 0.0201 e. The average molecular weight is 497 g/mol. The molecule has 0 nitrogen and oxygen atoms in total. The van der Waals surface area contributed by atoms with Crippen LogP contribution in [0, 0.1) is 0 Å². The molecule has 6 rings (SSSR count). The van der Waals surface area contributed by atoms with Crippen molar-refractivity contribution in [2.24, 2.45) is 0 Å². The first kappa shape index (κ1) is 22.7. The monoisotopic (exact) mass is 496 g/mol. The van der Waals surface area contributed by atoms with Gasteiger partial charge >= 0.3 is 0 Å². The molecule has 0 aromatic heterocycles. The molecule has 4 aromatic carbocycles. The predicted octanol–water partition coefficient (Wildman–Crippen LogP) is 9.94. The van der Waals surface area contributed by atoms with Gasteiger partial charge in [-0.15, -0.1) is 0 Å². The normalized spacial score (nSPS) is 15.6. The molecule has 0 saturated carbocycles. The van der Waals surface area contributed by atoms with Crippen LogP contribution < -0.4 is 0 Å². The highest BCUT2D eigenvalue weighted by molar-refractivity contribution is 8.17. The fourth-order valence-electron chi connectivity index (χ4n) is 4.32. The standard InChI is InChI=1S/C34H24S2/c1-5-13-25(14-6-1)31-21-29(22-32(35-31)26-15-7-2-8-16-26)30-23-33(27-17-9-3-10-18-27)36-34(24-30)28-19-11-4-12-20-28/h1-24H. The third kappa shape index (κ3) is 4.97. The van der Waals surface area contributed by atoms with Gasteiger partial charge in [0.15, 0.2) is 0 Å². The number of benzene rings is 4. The maximum atomic E-state index is 2.34. The maximum absolute atomic E-state index is 2.34. The summed E-state index contributed by atoms with van der Waals surface area (Å²) in [4.78, 5) is 5.06. The first-order chi connectivity index (χ1) is 17.8. The van der Waals surface area contributed by atoms with E-state index in [0.29, 0.717) is 0 Å². The van der Waals surface area contributed by atoms with E-state index in [1.165, 1.54) is 53.0 Å². The summed E-state index contributed by atoms with van der Waals surface area (Å²) in [5.74, 6) is 0. The molecule has 0 radical (unpaired) electrons. The van der Waals surface area contributed by atoms with E-state index in [1.54, 1.807) is 0 Å². The Hall–Kier alpha value is -3.72. The van der Waals surface area contributed by atoms with Crippen LogP contribution in [0.15, 0.2) is 157 Å². The van der Waals surface area contributed by atoms with Gasteiger partial charge in [0.1, 0.15) is 0 Å². The lowest BCUT2D eigenvalue weighted by Gasteiger charge is -2.21. The van der Waals surface area contributed by atoms with Crippen molar-refractivity contribution in [2.75, 3.05) is 0 Å². The number of rotatable bonds is 4. The minimum Gasteiger partial charge on any atom is -0.0888 e. The third-order valence-corrected chi connectivity index (χ3v) is 8.45. The Morgan fingerprint density at radius 3 is 0.722 bits per heavy atom.